The number of hydrogen-bond donors (Lipinski definition) is 2. The normalized spacial score (nSPS) is 17.1. The maximum Gasteiger partial charge on any atom is 0.340 e. The summed E-state index contributed by atoms with van der Waals surface area (Å²) in [7, 11) is 0. The summed E-state index contributed by atoms with van der Waals surface area (Å²) in [5.41, 5.74) is 4.79. The van der Waals surface area contributed by atoms with Gasteiger partial charge in [0.1, 0.15) is 11.5 Å². The highest BCUT2D eigenvalue weighted by Crippen LogP contribution is 2.56. The molecule has 0 aliphatic carbocycles. The molecule has 0 radical (unpaired) electrons. The second-order valence-corrected chi connectivity index (χ2v) is 9.74. The molecule has 2 heterocycles. The van der Waals surface area contributed by atoms with E-state index in [4.69, 9.17) is 9.47 Å². The number of anilines is 3. The Labute approximate surface area is 211 Å². The van der Waals surface area contributed by atoms with E-state index < -0.39 is 5.60 Å². The second kappa shape index (κ2) is 8.76. The van der Waals surface area contributed by atoms with Crippen LogP contribution in [0.1, 0.15) is 47.3 Å². The van der Waals surface area contributed by atoms with Crippen molar-refractivity contribution < 1.29 is 14.3 Å². The highest BCUT2D eigenvalue weighted by Gasteiger charge is 2.53. The summed E-state index contributed by atoms with van der Waals surface area (Å²) in [6, 6.07) is 29.6. The molecule has 2 aliphatic rings. The molecule has 180 valence electrons. The number of carbonyl (C=O) groups excluding carboxylic acids is 1. The molecular weight excluding hydrogens is 448 g/mol. The van der Waals surface area contributed by atoms with Crippen molar-refractivity contribution in [3.63, 3.8) is 0 Å². The first-order valence-electron chi connectivity index (χ1n) is 12.4. The zero-order valence-electron chi connectivity index (χ0n) is 20.4. The van der Waals surface area contributed by atoms with Gasteiger partial charge in [-0.15, -0.1) is 0 Å². The SMILES string of the molecule is CC(C)CCNc1ccc2c(c1)Oc1ccc(Nc3ccccc3)cc1C21OC(=O)c2ccccc21. The van der Waals surface area contributed by atoms with E-state index in [0.717, 1.165) is 46.7 Å². The number of carbonyl (C=O) groups is 1. The molecule has 0 amide bonds. The number of hydrogen-bond acceptors (Lipinski definition) is 5. The number of para-hydroxylation sites is 1. The minimum absolute atomic E-state index is 0.329. The molecule has 0 saturated carbocycles. The molecule has 4 aromatic carbocycles. The molecule has 4 aromatic rings. The summed E-state index contributed by atoms with van der Waals surface area (Å²) >= 11 is 0. The van der Waals surface area contributed by atoms with Gasteiger partial charge in [-0.05, 0) is 60.9 Å². The van der Waals surface area contributed by atoms with E-state index in [1.54, 1.807) is 0 Å². The largest absolute Gasteiger partial charge is 0.456 e. The van der Waals surface area contributed by atoms with Gasteiger partial charge in [0.25, 0.3) is 0 Å². The summed E-state index contributed by atoms with van der Waals surface area (Å²) in [6.07, 6.45) is 1.08. The predicted molar refractivity (Wildman–Crippen MR) is 142 cm³/mol. The van der Waals surface area contributed by atoms with Crippen LogP contribution < -0.4 is 15.4 Å². The topological polar surface area (TPSA) is 59.6 Å². The molecule has 1 unspecified atom stereocenters. The van der Waals surface area contributed by atoms with Gasteiger partial charge in [0.05, 0.1) is 5.56 Å². The molecule has 5 heteroatoms. The maximum atomic E-state index is 13.1. The van der Waals surface area contributed by atoms with Crippen molar-refractivity contribution in [3.8, 4) is 11.5 Å². The van der Waals surface area contributed by atoms with E-state index in [1.165, 1.54) is 0 Å². The standard InChI is InChI=1S/C31H28N2O3/c1-20(2)16-17-32-22-12-14-26-29(19-22)35-28-15-13-23(33-21-8-4-3-5-9-21)18-27(28)31(26)25-11-7-6-10-24(25)30(34)36-31/h3-15,18-20,32-33H,16-17H2,1-2H3. The average Bonchev–Trinajstić information content (AvgIpc) is 3.18. The van der Waals surface area contributed by atoms with E-state index >= 15 is 0 Å². The molecule has 0 aromatic heterocycles. The lowest BCUT2D eigenvalue weighted by molar-refractivity contribution is 0.0224. The molecule has 0 fully saturated rings. The van der Waals surface area contributed by atoms with Crippen LogP contribution in [0.5, 0.6) is 11.5 Å². The molecule has 2 aliphatic heterocycles. The van der Waals surface area contributed by atoms with Gasteiger partial charge in [-0.25, -0.2) is 4.79 Å². The fourth-order valence-corrected chi connectivity index (χ4v) is 5.05. The van der Waals surface area contributed by atoms with Gasteiger partial charge in [-0.3, -0.25) is 0 Å². The molecular formula is C31H28N2O3. The zero-order chi connectivity index (χ0) is 24.7. The lowest BCUT2D eigenvalue weighted by Crippen LogP contribution is -2.33. The Morgan fingerprint density at radius 1 is 0.750 bits per heavy atom. The number of rotatable bonds is 6. The van der Waals surface area contributed by atoms with Gasteiger partial charge in [-0.1, -0.05) is 50.2 Å². The molecule has 0 bridgehead atoms. The van der Waals surface area contributed by atoms with Crippen LogP contribution in [0.15, 0.2) is 91.0 Å². The van der Waals surface area contributed by atoms with Crippen molar-refractivity contribution in [2.45, 2.75) is 25.9 Å². The first kappa shape index (κ1) is 22.2. The van der Waals surface area contributed by atoms with E-state index in [1.807, 2.05) is 91.0 Å². The van der Waals surface area contributed by atoms with Crippen LogP contribution in [-0.4, -0.2) is 12.5 Å². The first-order chi connectivity index (χ1) is 17.5. The molecule has 36 heavy (non-hydrogen) atoms. The number of benzene rings is 4. The Kier molecular flexibility index (Phi) is 5.41. The molecule has 1 spiro atoms. The summed E-state index contributed by atoms with van der Waals surface area (Å²) < 4.78 is 12.7. The Hall–Kier alpha value is -4.25. The average molecular weight is 477 g/mol. The third kappa shape index (κ3) is 3.68. The van der Waals surface area contributed by atoms with Crippen molar-refractivity contribution >= 4 is 23.0 Å². The van der Waals surface area contributed by atoms with Crippen LogP contribution >= 0.6 is 0 Å². The van der Waals surface area contributed by atoms with E-state index in [0.29, 0.717) is 23.0 Å². The minimum Gasteiger partial charge on any atom is -0.456 e. The smallest absolute Gasteiger partial charge is 0.340 e. The van der Waals surface area contributed by atoms with Crippen LogP contribution in [-0.2, 0) is 10.3 Å². The second-order valence-electron chi connectivity index (χ2n) is 9.74. The quantitative estimate of drug-likeness (QED) is 0.283. The third-order valence-electron chi connectivity index (χ3n) is 6.83. The molecule has 5 nitrogen and oxygen atoms in total. The molecule has 6 rings (SSSR count). The third-order valence-corrected chi connectivity index (χ3v) is 6.83. The van der Waals surface area contributed by atoms with Crippen LogP contribution in [0, 0.1) is 5.92 Å². The van der Waals surface area contributed by atoms with Crippen LogP contribution in [0.4, 0.5) is 17.1 Å². The van der Waals surface area contributed by atoms with Gasteiger partial charge < -0.3 is 20.1 Å². The van der Waals surface area contributed by atoms with Gasteiger partial charge >= 0.3 is 5.97 Å². The van der Waals surface area contributed by atoms with Crippen molar-refractivity contribution in [1.29, 1.82) is 0 Å². The fourth-order valence-electron chi connectivity index (χ4n) is 5.05. The monoisotopic (exact) mass is 476 g/mol. The van der Waals surface area contributed by atoms with Crippen molar-refractivity contribution in [2.24, 2.45) is 5.92 Å². The number of fused-ring (bicyclic) bond motifs is 6. The van der Waals surface area contributed by atoms with Crippen molar-refractivity contribution in [3.05, 3.63) is 113 Å². The van der Waals surface area contributed by atoms with Crippen LogP contribution in [0.2, 0.25) is 0 Å². The zero-order valence-corrected chi connectivity index (χ0v) is 20.4. The van der Waals surface area contributed by atoms with Crippen LogP contribution in [0.25, 0.3) is 0 Å². The lowest BCUT2D eigenvalue weighted by atomic mass is 9.77. The van der Waals surface area contributed by atoms with E-state index in [-0.39, 0.29) is 5.97 Å². The highest BCUT2D eigenvalue weighted by molar-refractivity contribution is 5.97. The number of nitrogens with one attached hydrogen (secondary N) is 2. The van der Waals surface area contributed by atoms with Crippen molar-refractivity contribution in [2.75, 3.05) is 17.2 Å². The van der Waals surface area contributed by atoms with Crippen LogP contribution in [0.3, 0.4) is 0 Å². The summed E-state index contributed by atoms with van der Waals surface area (Å²) in [4.78, 5) is 13.1. The highest BCUT2D eigenvalue weighted by atomic mass is 16.6. The summed E-state index contributed by atoms with van der Waals surface area (Å²) in [5, 5.41) is 6.95. The predicted octanol–water partition coefficient (Wildman–Crippen LogP) is 7.46. The fraction of sp³-hybridized carbons (Fsp3) is 0.194. The van der Waals surface area contributed by atoms with E-state index in [2.05, 4.69) is 24.5 Å². The van der Waals surface area contributed by atoms with E-state index in [9.17, 15) is 4.79 Å². The number of esters is 1. The Morgan fingerprint density at radius 2 is 1.53 bits per heavy atom. The maximum absolute atomic E-state index is 13.1. The summed E-state index contributed by atoms with van der Waals surface area (Å²) in [6.45, 7) is 5.31. The molecule has 2 N–H and O–H groups in total. The van der Waals surface area contributed by atoms with Gasteiger partial charge in [0.15, 0.2) is 5.60 Å². The lowest BCUT2D eigenvalue weighted by Gasteiger charge is -2.37. The Morgan fingerprint density at radius 3 is 2.36 bits per heavy atom. The van der Waals surface area contributed by atoms with Gasteiger partial charge in [-0.2, -0.15) is 0 Å². The van der Waals surface area contributed by atoms with Gasteiger partial charge in [0.2, 0.25) is 0 Å². The summed E-state index contributed by atoms with van der Waals surface area (Å²) in [5.74, 6) is 1.65. The molecule has 0 saturated heterocycles. The molecule has 1 atom stereocenters. The number of ether oxygens (including phenoxy) is 2. The minimum atomic E-state index is -1.08. The van der Waals surface area contributed by atoms with Crippen molar-refractivity contribution in [1.82, 2.24) is 0 Å². The Balaban J connectivity index is 1.48. The first-order valence-corrected chi connectivity index (χ1v) is 12.4. The Bertz CT molecular complexity index is 1450. The van der Waals surface area contributed by atoms with Gasteiger partial charge in [0, 0.05) is 46.4 Å².